The monoisotopic (exact) mass is 322 g/mol. The highest BCUT2D eigenvalue weighted by molar-refractivity contribution is 7.84. The van der Waals surface area contributed by atoms with Gasteiger partial charge in [-0.1, -0.05) is 41.9 Å². The SMILES string of the molecule is CS(=O)CC(NC(=O)c1cccnc1Cl)c1ccccc1. The number of carbonyl (C=O) groups is 1. The average Bonchev–Trinajstić information content (AvgIpc) is 2.47. The van der Waals surface area contributed by atoms with Crippen LogP contribution >= 0.6 is 11.6 Å². The molecule has 0 bridgehead atoms. The summed E-state index contributed by atoms with van der Waals surface area (Å²) in [4.78, 5) is 16.2. The standard InChI is InChI=1S/C15H15ClN2O2S/c1-21(20)10-13(11-6-3-2-4-7-11)18-15(19)12-8-5-9-17-14(12)16/h2-9,13H,10H2,1H3,(H,18,19). The van der Waals surface area contributed by atoms with E-state index in [4.69, 9.17) is 11.6 Å². The van der Waals surface area contributed by atoms with Crippen LogP contribution in [0.25, 0.3) is 0 Å². The van der Waals surface area contributed by atoms with Crippen LogP contribution in [-0.2, 0) is 10.8 Å². The Kier molecular flexibility index (Phi) is 5.47. The molecule has 2 unspecified atom stereocenters. The van der Waals surface area contributed by atoms with Crippen molar-refractivity contribution < 1.29 is 9.00 Å². The van der Waals surface area contributed by atoms with E-state index in [-0.39, 0.29) is 17.1 Å². The molecule has 1 aromatic heterocycles. The highest BCUT2D eigenvalue weighted by Crippen LogP contribution is 2.17. The van der Waals surface area contributed by atoms with Gasteiger partial charge in [-0.05, 0) is 17.7 Å². The van der Waals surface area contributed by atoms with Crippen molar-refractivity contribution in [1.29, 1.82) is 0 Å². The number of rotatable bonds is 5. The summed E-state index contributed by atoms with van der Waals surface area (Å²) in [6.07, 6.45) is 3.13. The Morgan fingerprint density at radius 2 is 2.00 bits per heavy atom. The van der Waals surface area contributed by atoms with E-state index in [1.807, 2.05) is 30.3 Å². The molecule has 110 valence electrons. The zero-order valence-corrected chi connectivity index (χ0v) is 13.0. The van der Waals surface area contributed by atoms with E-state index in [9.17, 15) is 9.00 Å². The molecule has 4 nitrogen and oxygen atoms in total. The summed E-state index contributed by atoms with van der Waals surface area (Å²) < 4.78 is 11.5. The lowest BCUT2D eigenvalue weighted by atomic mass is 10.1. The van der Waals surface area contributed by atoms with Gasteiger partial charge in [-0.3, -0.25) is 9.00 Å². The van der Waals surface area contributed by atoms with E-state index >= 15 is 0 Å². The van der Waals surface area contributed by atoms with Crippen LogP contribution in [0.1, 0.15) is 22.0 Å². The van der Waals surface area contributed by atoms with Crippen LogP contribution in [0.3, 0.4) is 0 Å². The summed E-state index contributed by atoms with van der Waals surface area (Å²) in [5, 5.41) is 3.02. The van der Waals surface area contributed by atoms with Crippen LogP contribution < -0.4 is 5.32 Å². The van der Waals surface area contributed by atoms with E-state index in [1.165, 1.54) is 6.20 Å². The number of carbonyl (C=O) groups excluding carboxylic acids is 1. The fourth-order valence-electron chi connectivity index (χ4n) is 1.93. The first-order valence-electron chi connectivity index (χ1n) is 6.34. The largest absolute Gasteiger partial charge is 0.344 e. The molecule has 0 aliphatic rings. The fourth-order valence-corrected chi connectivity index (χ4v) is 2.88. The van der Waals surface area contributed by atoms with Gasteiger partial charge >= 0.3 is 0 Å². The van der Waals surface area contributed by atoms with Crippen LogP contribution in [-0.4, -0.2) is 27.1 Å². The minimum atomic E-state index is -1.04. The topological polar surface area (TPSA) is 59.1 Å². The first kappa shape index (κ1) is 15.7. The van der Waals surface area contributed by atoms with Crippen molar-refractivity contribution in [2.24, 2.45) is 0 Å². The maximum atomic E-state index is 12.3. The molecule has 1 N–H and O–H groups in total. The molecule has 1 heterocycles. The van der Waals surface area contributed by atoms with Crippen molar-refractivity contribution >= 4 is 28.3 Å². The first-order valence-corrected chi connectivity index (χ1v) is 8.45. The predicted octanol–water partition coefficient (Wildman–Crippen LogP) is 2.58. The Hall–Kier alpha value is -1.72. The third-order valence-electron chi connectivity index (χ3n) is 2.91. The van der Waals surface area contributed by atoms with Crippen molar-refractivity contribution in [1.82, 2.24) is 10.3 Å². The van der Waals surface area contributed by atoms with Crippen molar-refractivity contribution in [3.05, 3.63) is 64.9 Å². The predicted molar refractivity (Wildman–Crippen MR) is 84.8 cm³/mol. The molecular formula is C15H15ClN2O2S. The minimum Gasteiger partial charge on any atom is -0.344 e. The van der Waals surface area contributed by atoms with Gasteiger partial charge in [0.15, 0.2) is 0 Å². The van der Waals surface area contributed by atoms with Crippen LogP contribution in [0.5, 0.6) is 0 Å². The Balaban J connectivity index is 2.21. The molecule has 0 radical (unpaired) electrons. The van der Waals surface area contributed by atoms with E-state index < -0.39 is 10.8 Å². The van der Waals surface area contributed by atoms with Crippen molar-refractivity contribution in [3.63, 3.8) is 0 Å². The van der Waals surface area contributed by atoms with E-state index in [0.717, 1.165) is 5.56 Å². The Morgan fingerprint density at radius 3 is 2.62 bits per heavy atom. The lowest BCUT2D eigenvalue weighted by Gasteiger charge is -2.18. The number of pyridine rings is 1. The summed E-state index contributed by atoms with van der Waals surface area (Å²) in [5.41, 5.74) is 1.21. The van der Waals surface area contributed by atoms with Gasteiger partial charge in [-0.15, -0.1) is 0 Å². The second-order valence-corrected chi connectivity index (χ2v) is 6.36. The Morgan fingerprint density at radius 1 is 1.29 bits per heavy atom. The summed E-state index contributed by atoms with van der Waals surface area (Å²) in [5.74, 6) is 0.0144. The third-order valence-corrected chi connectivity index (χ3v) is 4.02. The van der Waals surface area contributed by atoms with Gasteiger partial charge in [0.1, 0.15) is 5.15 Å². The summed E-state index contributed by atoms with van der Waals surface area (Å²) in [6.45, 7) is 0. The fraction of sp³-hybridized carbons (Fsp3) is 0.200. The van der Waals surface area contributed by atoms with Crippen LogP contribution in [0.15, 0.2) is 48.7 Å². The Labute approximate surface area is 131 Å². The number of aromatic nitrogens is 1. The lowest BCUT2D eigenvalue weighted by Crippen LogP contribution is -2.32. The molecule has 0 saturated heterocycles. The van der Waals surface area contributed by atoms with Gasteiger partial charge in [0.25, 0.3) is 5.91 Å². The molecule has 0 fully saturated rings. The van der Waals surface area contributed by atoms with Gasteiger partial charge in [0.05, 0.1) is 11.6 Å². The minimum absolute atomic E-state index is 0.152. The van der Waals surface area contributed by atoms with Gasteiger partial charge in [-0.2, -0.15) is 0 Å². The number of benzene rings is 1. The van der Waals surface area contributed by atoms with Crippen LogP contribution in [0.2, 0.25) is 5.15 Å². The first-order chi connectivity index (χ1) is 10.1. The van der Waals surface area contributed by atoms with Crippen molar-refractivity contribution in [2.45, 2.75) is 6.04 Å². The van der Waals surface area contributed by atoms with E-state index in [0.29, 0.717) is 11.3 Å². The molecule has 0 aliphatic carbocycles. The van der Waals surface area contributed by atoms with E-state index in [1.54, 1.807) is 18.4 Å². The number of hydrogen-bond acceptors (Lipinski definition) is 3. The molecule has 6 heteroatoms. The molecule has 21 heavy (non-hydrogen) atoms. The number of amides is 1. The van der Waals surface area contributed by atoms with Crippen molar-refractivity contribution in [3.8, 4) is 0 Å². The normalized spacial score (nSPS) is 13.4. The molecule has 1 amide bonds. The molecule has 2 atom stereocenters. The van der Waals surface area contributed by atoms with Crippen molar-refractivity contribution in [2.75, 3.05) is 12.0 Å². The van der Waals surface area contributed by atoms with Gasteiger partial charge < -0.3 is 5.32 Å². The molecule has 0 spiro atoms. The second kappa shape index (κ2) is 7.33. The molecule has 0 saturated carbocycles. The summed E-state index contributed by atoms with van der Waals surface area (Å²) >= 11 is 5.92. The number of halogens is 1. The third kappa shape index (κ3) is 4.37. The number of hydrogen-bond donors (Lipinski definition) is 1. The van der Waals surface area contributed by atoms with Crippen LogP contribution in [0, 0.1) is 0 Å². The molecule has 0 aliphatic heterocycles. The quantitative estimate of drug-likeness (QED) is 0.861. The van der Waals surface area contributed by atoms with Crippen LogP contribution in [0.4, 0.5) is 0 Å². The second-order valence-electron chi connectivity index (χ2n) is 4.52. The lowest BCUT2D eigenvalue weighted by molar-refractivity contribution is 0.0940. The van der Waals surface area contributed by atoms with E-state index in [2.05, 4.69) is 10.3 Å². The van der Waals surface area contributed by atoms with Gasteiger partial charge in [0.2, 0.25) is 0 Å². The summed E-state index contributed by atoms with van der Waals surface area (Å²) in [6, 6.07) is 12.4. The molecular weight excluding hydrogens is 308 g/mol. The molecule has 2 aromatic rings. The number of nitrogens with zero attached hydrogens (tertiary/aromatic N) is 1. The Bertz CT molecular complexity index is 649. The zero-order chi connectivity index (χ0) is 15.2. The zero-order valence-electron chi connectivity index (χ0n) is 11.5. The maximum absolute atomic E-state index is 12.3. The molecule has 1 aromatic carbocycles. The smallest absolute Gasteiger partial charge is 0.254 e. The summed E-state index contributed by atoms with van der Waals surface area (Å²) in [7, 11) is -1.04. The highest BCUT2D eigenvalue weighted by Gasteiger charge is 2.18. The maximum Gasteiger partial charge on any atom is 0.254 e. The number of nitrogens with one attached hydrogen (secondary N) is 1. The average molecular weight is 323 g/mol. The highest BCUT2D eigenvalue weighted by atomic mass is 35.5. The van der Waals surface area contributed by atoms with Gasteiger partial charge in [-0.25, -0.2) is 4.98 Å². The molecule has 2 rings (SSSR count). The van der Waals surface area contributed by atoms with Gasteiger partial charge in [0, 0.05) is 29.0 Å².